The molecule has 1 aromatic heterocycles. The summed E-state index contributed by atoms with van der Waals surface area (Å²) in [6.07, 6.45) is 4.99. The van der Waals surface area contributed by atoms with Gasteiger partial charge in [-0.2, -0.15) is 5.10 Å². The third kappa shape index (κ3) is 2.44. The number of carbonyl (C=O) groups excluding carboxylic acids is 1. The van der Waals surface area contributed by atoms with Crippen molar-refractivity contribution in [2.75, 3.05) is 0 Å². The molecule has 0 aliphatic rings. The molecule has 0 saturated heterocycles. The van der Waals surface area contributed by atoms with Gasteiger partial charge in [0.2, 0.25) is 0 Å². The number of hydrogen-bond acceptors (Lipinski definition) is 2. The molecule has 0 bridgehead atoms. The number of aromatic nitrogens is 2. The Labute approximate surface area is 85.1 Å². The number of nitrogens with zero attached hydrogens (tertiary/aromatic N) is 2. The Morgan fingerprint density at radius 2 is 2.29 bits per heavy atom. The van der Waals surface area contributed by atoms with E-state index in [4.69, 9.17) is 0 Å². The van der Waals surface area contributed by atoms with Gasteiger partial charge < -0.3 is 0 Å². The fourth-order valence-corrected chi connectivity index (χ4v) is 1.43. The average Bonchev–Trinajstić information content (AvgIpc) is 2.57. The molecular weight excluding hydrogens is 176 g/mol. The maximum Gasteiger partial charge on any atom is 0.153 e. The van der Waals surface area contributed by atoms with Crippen LogP contribution in [0.15, 0.2) is 6.20 Å². The van der Waals surface area contributed by atoms with E-state index in [0.29, 0.717) is 5.92 Å². The van der Waals surface area contributed by atoms with Crippen molar-refractivity contribution in [3.63, 3.8) is 0 Å². The van der Waals surface area contributed by atoms with Crippen LogP contribution in [-0.4, -0.2) is 16.1 Å². The Morgan fingerprint density at radius 3 is 2.71 bits per heavy atom. The molecular formula is C11H18N2O. The van der Waals surface area contributed by atoms with Crippen molar-refractivity contribution < 1.29 is 4.79 Å². The van der Waals surface area contributed by atoms with Crippen LogP contribution >= 0.6 is 0 Å². The molecule has 78 valence electrons. The molecule has 0 amide bonds. The van der Waals surface area contributed by atoms with Crippen LogP contribution in [-0.2, 0) is 6.54 Å². The van der Waals surface area contributed by atoms with Crippen molar-refractivity contribution >= 4 is 6.29 Å². The van der Waals surface area contributed by atoms with E-state index in [2.05, 4.69) is 25.9 Å². The Bertz CT molecular complexity index is 302. The lowest BCUT2D eigenvalue weighted by Crippen LogP contribution is -1.99. The van der Waals surface area contributed by atoms with Crippen LogP contribution in [0.3, 0.4) is 0 Å². The van der Waals surface area contributed by atoms with Crippen LogP contribution in [0.4, 0.5) is 0 Å². The molecule has 14 heavy (non-hydrogen) atoms. The molecule has 0 saturated carbocycles. The van der Waals surface area contributed by atoms with Crippen LogP contribution < -0.4 is 0 Å². The van der Waals surface area contributed by atoms with E-state index >= 15 is 0 Å². The lowest BCUT2D eigenvalue weighted by atomic mass is 10.1. The minimum absolute atomic E-state index is 0.318. The number of carbonyl (C=O) groups is 1. The van der Waals surface area contributed by atoms with Gasteiger partial charge in [0.1, 0.15) is 0 Å². The summed E-state index contributed by atoms with van der Waals surface area (Å²) in [4.78, 5) is 10.8. The van der Waals surface area contributed by atoms with E-state index in [1.165, 1.54) is 0 Å². The Kier molecular flexibility index (Phi) is 3.86. The van der Waals surface area contributed by atoms with Crippen LogP contribution in [0.25, 0.3) is 0 Å². The zero-order chi connectivity index (χ0) is 10.6. The summed E-state index contributed by atoms with van der Waals surface area (Å²) in [7, 11) is 0. The van der Waals surface area contributed by atoms with Gasteiger partial charge >= 0.3 is 0 Å². The first-order chi connectivity index (χ1) is 6.69. The minimum Gasteiger partial charge on any atom is -0.298 e. The maximum atomic E-state index is 10.8. The van der Waals surface area contributed by atoms with Crippen molar-refractivity contribution in [1.82, 2.24) is 9.78 Å². The highest BCUT2D eigenvalue weighted by molar-refractivity contribution is 5.76. The second-order valence-corrected chi connectivity index (χ2v) is 3.86. The molecule has 1 rings (SSSR count). The quantitative estimate of drug-likeness (QED) is 0.675. The van der Waals surface area contributed by atoms with Crippen LogP contribution in [0.2, 0.25) is 0 Å². The van der Waals surface area contributed by atoms with Crippen LogP contribution in [0.1, 0.15) is 55.6 Å². The third-order valence-corrected chi connectivity index (χ3v) is 2.23. The molecule has 0 radical (unpaired) electrons. The maximum absolute atomic E-state index is 10.8. The van der Waals surface area contributed by atoms with Crippen molar-refractivity contribution in [2.24, 2.45) is 0 Å². The molecule has 0 aliphatic carbocycles. The van der Waals surface area contributed by atoms with Crippen molar-refractivity contribution in [3.8, 4) is 0 Å². The average molecular weight is 194 g/mol. The standard InChI is InChI=1S/C11H18N2O/c1-4-5-6-13-7-10(8-14)11(12-13)9(2)3/h7-9H,4-6H2,1-3H3. The van der Waals surface area contributed by atoms with E-state index in [9.17, 15) is 4.79 Å². The monoisotopic (exact) mass is 194 g/mol. The number of rotatable bonds is 5. The third-order valence-electron chi connectivity index (χ3n) is 2.23. The lowest BCUT2D eigenvalue weighted by molar-refractivity contribution is 0.112. The summed E-state index contributed by atoms with van der Waals surface area (Å²) >= 11 is 0. The smallest absolute Gasteiger partial charge is 0.153 e. The zero-order valence-corrected chi connectivity index (χ0v) is 9.16. The van der Waals surface area contributed by atoms with Gasteiger partial charge in [0, 0.05) is 12.7 Å². The zero-order valence-electron chi connectivity index (χ0n) is 9.16. The number of aldehydes is 1. The lowest BCUT2D eigenvalue weighted by Gasteiger charge is -2.00. The molecule has 0 atom stereocenters. The highest BCUT2D eigenvalue weighted by Gasteiger charge is 2.10. The Hall–Kier alpha value is -1.12. The van der Waals surface area contributed by atoms with Gasteiger partial charge in [-0.1, -0.05) is 27.2 Å². The molecule has 0 fully saturated rings. The Morgan fingerprint density at radius 1 is 1.57 bits per heavy atom. The predicted octanol–water partition coefficient (Wildman–Crippen LogP) is 2.62. The van der Waals surface area contributed by atoms with E-state index in [1.807, 2.05) is 10.9 Å². The largest absolute Gasteiger partial charge is 0.298 e. The molecule has 1 heterocycles. The topological polar surface area (TPSA) is 34.9 Å². The SMILES string of the molecule is CCCCn1cc(C=O)c(C(C)C)n1. The number of hydrogen-bond donors (Lipinski definition) is 0. The molecule has 3 heteroatoms. The molecule has 0 N–H and O–H groups in total. The van der Waals surface area contributed by atoms with Crippen molar-refractivity contribution in [3.05, 3.63) is 17.5 Å². The molecule has 1 aromatic rings. The summed E-state index contributed by atoms with van der Waals surface area (Å²) in [6.45, 7) is 7.16. The second kappa shape index (κ2) is 4.94. The van der Waals surface area contributed by atoms with Crippen molar-refractivity contribution in [1.29, 1.82) is 0 Å². The number of aryl methyl sites for hydroxylation is 1. The minimum atomic E-state index is 0.318. The van der Waals surface area contributed by atoms with Crippen molar-refractivity contribution in [2.45, 2.75) is 46.1 Å². The van der Waals surface area contributed by atoms with Crippen LogP contribution in [0, 0.1) is 0 Å². The number of unbranched alkanes of at least 4 members (excludes halogenated alkanes) is 1. The summed E-state index contributed by atoms with van der Waals surface area (Å²) in [5, 5.41) is 4.40. The van der Waals surface area contributed by atoms with E-state index in [0.717, 1.165) is 36.9 Å². The summed E-state index contributed by atoms with van der Waals surface area (Å²) in [6, 6.07) is 0. The van der Waals surface area contributed by atoms with Gasteiger partial charge in [0.05, 0.1) is 11.3 Å². The normalized spacial score (nSPS) is 10.9. The summed E-state index contributed by atoms with van der Waals surface area (Å²) in [5.74, 6) is 0.318. The van der Waals surface area contributed by atoms with E-state index < -0.39 is 0 Å². The highest BCUT2D eigenvalue weighted by atomic mass is 16.1. The molecule has 0 unspecified atom stereocenters. The second-order valence-electron chi connectivity index (χ2n) is 3.86. The first-order valence-electron chi connectivity index (χ1n) is 5.21. The molecule has 0 spiro atoms. The predicted molar refractivity (Wildman–Crippen MR) is 56.6 cm³/mol. The van der Waals surface area contributed by atoms with Gasteiger partial charge in [-0.05, 0) is 12.3 Å². The molecule has 0 aliphatic heterocycles. The molecule has 0 aromatic carbocycles. The Balaban J connectivity index is 2.83. The van der Waals surface area contributed by atoms with Crippen LogP contribution in [0.5, 0.6) is 0 Å². The fraction of sp³-hybridized carbons (Fsp3) is 0.636. The van der Waals surface area contributed by atoms with Gasteiger partial charge in [-0.25, -0.2) is 0 Å². The highest BCUT2D eigenvalue weighted by Crippen LogP contribution is 2.15. The van der Waals surface area contributed by atoms with Gasteiger partial charge in [-0.3, -0.25) is 9.48 Å². The fourth-order valence-electron chi connectivity index (χ4n) is 1.43. The molecule has 3 nitrogen and oxygen atoms in total. The van der Waals surface area contributed by atoms with E-state index in [1.54, 1.807) is 0 Å². The first-order valence-corrected chi connectivity index (χ1v) is 5.21. The van der Waals surface area contributed by atoms with Gasteiger partial charge in [0.15, 0.2) is 6.29 Å². The van der Waals surface area contributed by atoms with Gasteiger partial charge in [0.25, 0.3) is 0 Å². The summed E-state index contributed by atoms with van der Waals surface area (Å²) in [5.41, 5.74) is 1.65. The van der Waals surface area contributed by atoms with E-state index in [-0.39, 0.29) is 0 Å². The first kappa shape index (κ1) is 11.0. The van der Waals surface area contributed by atoms with Gasteiger partial charge in [-0.15, -0.1) is 0 Å². The summed E-state index contributed by atoms with van der Waals surface area (Å²) < 4.78 is 1.88.